The zero-order valence-electron chi connectivity index (χ0n) is 11.0. The molecule has 0 radical (unpaired) electrons. The van der Waals surface area contributed by atoms with Crippen LogP contribution in [0.3, 0.4) is 0 Å². The summed E-state index contributed by atoms with van der Waals surface area (Å²) >= 11 is 0. The van der Waals surface area contributed by atoms with Gasteiger partial charge in [0.2, 0.25) is 11.8 Å². The number of benzene rings is 2. The van der Waals surface area contributed by atoms with Crippen LogP contribution in [0.25, 0.3) is 0 Å². The molecule has 0 fully saturated rings. The van der Waals surface area contributed by atoms with Crippen molar-refractivity contribution in [3.8, 4) is 0 Å². The molecule has 4 heteroatoms. The Morgan fingerprint density at radius 1 is 0.900 bits per heavy atom. The summed E-state index contributed by atoms with van der Waals surface area (Å²) in [5, 5.41) is 2.57. The molecule has 2 aromatic rings. The topological polar surface area (TPSA) is 72.2 Å². The van der Waals surface area contributed by atoms with Gasteiger partial charge in [-0.15, -0.1) is 0 Å². The van der Waals surface area contributed by atoms with Gasteiger partial charge in [0.05, 0.1) is 12.5 Å². The molecule has 2 aromatic carbocycles. The van der Waals surface area contributed by atoms with E-state index in [1.165, 1.54) is 0 Å². The molecule has 0 aliphatic rings. The third-order valence-corrected chi connectivity index (χ3v) is 2.96. The molecule has 0 bridgehead atoms. The van der Waals surface area contributed by atoms with Gasteiger partial charge in [-0.1, -0.05) is 60.7 Å². The molecule has 0 saturated carbocycles. The van der Waals surface area contributed by atoms with E-state index in [4.69, 9.17) is 5.73 Å². The molecule has 20 heavy (non-hydrogen) atoms. The molecule has 2 amide bonds. The van der Waals surface area contributed by atoms with Crippen LogP contribution in [0.1, 0.15) is 17.0 Å². The van der Waals surface area contributed by atoms with Gasteiger partial charge in [-0.05, 0) is 11.1 Å². The maximum absolute atomic E-state index is 12.3. The monoisotopic (exact) mass is 268 g/mol. The zero-order chi connectivity index (χ0) is 14.4. The maximum Gasteiger partial charge on any atom is 0.236 e. The molecular formula is C16H16N2O2. The van der Waals surface area contributed by atoms with Crippen molar-refractivity contribution in [1.29, 1.82) is 0 Å². The summed E-state index contributed by atoms with van der Waals surface area (Å²) in [5.74, 6) is -1.24. The Balaban J connectivity index is 2.30. The second kappa shape index (κ2) is 6.52. The van der Waals surface area contributed by atoms with Crippen LogP contribution in [0.4, 0.5) is 0 Å². The first kappa shape index (κ1) is 13.8. The summed E-state index contributed by atoms with van der Waals surface area (Å²) in [5.41, 5.74) is 6.82. The van der Waals surface area contributed by atoms with E-state index in [2.05, 4.69) is 5.32 Å². The molecule has 4 nitrogen and oxygen atoms in total. The molecule has 0 saturated heterocycles. The van der Waals surface area contributed by atoms with E-state index in [1.54, 1.807) is 0 Å². The number of hydrogen-bond acceptors (Lipinski definition) is 2. The minimum Gasteiger partial charge on any atom is -0.368 e. The minimum absolute atomic E-state index is 0.158. The van der Waals surface area contributed by atoms with Crippen molar-refractivity contribution in [2.24, 2.45) is 5.73 Å². The lowest BCUT2D eigenvalue weighted by Crippen LogP contribution is -2.36. The number of nitrogens with two attached hydrogens (primary N) is 1. The van der Waals surface area contributed by atoms with Gasteiger partial charge in [0.15, 0.2) is 0 Å². The van der Waals surface area contributed by atoms with E-state index < -0.39 is 11.8 Å². The third-order valence-electron chi connectivity index (χ3n) is 2.96. The molecular weight excluding hydrogens is 252 g/mol. The number of rotatable bonds is 5. The Kier molecular flexibility index (Phi) is 4.50. The third kappa shape index (κ3) is 3.45. The van der Waals surface area contributed by atoms with Crippen molar-refractivity contribution in [3.63, 3.8) is 0 Å². The molecule has 0 aromatic heterocycles. The van der Waals surface area contributed by atoms with Crippen LogP contribution < -0.4 is 11.1 Å². The van der Waals surface area contributed by atoms with E-state index in [1.807, 2.05) is 60.7 Å². The predicted molar refractivity (Wildman–Crippen MR) is 76.9 cm³/mol. The largest absolute Gasteiger partial charge is 0.368 e. The van der Waals surface area contributed by atoms with Gasteiger partial charge in [-0.25, -0.2) is 0 Å². The standard InChI is InChI=1S/C16H16N2O2/c17-14(19)11-18-16(20)15(12-7-3-1-4-8-12)13-9-5-2-6-10-13/h1-10,15H,11H2,(H2,17,19)(H,18,20). The van der Waals surface area contributed by atoms with E-state index in [0.717, 1.165) is 11.1 Å². The summed E-state index contributed by atoms with van der Waals surface area (Å²) in [6.45, 7) is -0.158. The lowest BCUT2D eigenvalue weighted by atomic mass is 9.90. The van der Waals surface area contributed by atoms with Crippen LogP contribution >= 0.6 is 0 Å². The molecule has 102 valence electrons. The van der Waals surface area contributed by atoms with Crippen LogP contribution in [0.2, 0.25) is 0 Å². The van der Waals surface area contributed by atoms with Crippen LogP contribution in [-0.2, 0) is 9.59 Å². The fourth-order valence-electron chi connectivity index (χ4n) is 2.06. The predicted octanol–water partition coefficient (Wildman–Crippen LogP) is 1.42. The summed E-state index contributed by atoms with van der Waals surface area (Å²) in [7, 11) is 0. The van der Waals surface area contributed by atoms with Gasteiger partial charge >= 0.3 is 0 Å². The molecule has 2 rings (SSSR count). The van der Waals surface area contributed by atoms with Gasteiger partial charge in [0.25, 0.3) is 0 Å². The van der Waals surface area contributed by atoms with Crippen LogP contribution in [0.5, 0.6) is 0 Å². The number of amides is 2. The molecule has 0 aliphatic heterocycles. The average Bonchev–Trinajstić information content (AvgIpc) is 2.48. The Morgan fingerprint density at radius 3 is 1.75 bits per heavy atom. The second-order valence-corrected chi connectivity index (χ2v) is 4.44. The normalized spacial score (nSPS) is 10.2. The molecule has 3 N–H and O–H groups in total. The number of nitrogens with one attached hydrogen (secondary N) is 1. The van der Waals surface area contributed by atoms with Crippen molar-refractivity contribution >= 4 is 11.8 Å². The lowest BCUT2D eigenvalue weighted by Gasteiger charge is -2.17. The SMILES string of the molecule is NC(=O)CNC(=O)C(c1ccccc1)c1ccccc1. The molecule has 0 unspecified atom stereocenters. The second-order valence-electron chi connectivity index (χ2n) is 4.44. The van der Waals surface area contributed by atoms with Crippen molar-refractivity contribution < 1.29 is 9.59 Å². The Labute approximate surface area is 117 Å². The lowest BCUT2D eigenvalue weighted by molar-refractivity contribution is -0.125. The molecule has 0 atom stereocenters. The number of carbonyl (C=O) groups is 2. The van der Waals surface area contributed by atoms with Crippen molar-refractivity contribution in [2.75, 3.05) is 6.54 Å². The first-order valence-electron chi connectivity index (χ1n) is 6.34. The maximum atomic E-state index is 12.3. The molecule has 0 aliphatic carbocycles. The van der Waals surface area contributed by atoms with E-state index in [9.17, 15) is 9.59 Å². The van der Waals surface area contributed by atoms with Crippen LogP contribution in [0.15, 0.2) is 60.7 Å². The quantitative estimate of drug-likeness (QED) is 0.860. The highest BCUT2D eigenvalue weighted by Gasteiger charge is 2.22. The number of carbonyl (C=O) groups excluding carboxylic acids is 2. The Bertz CT molecular complexity index is 542. The molecule has 0 spiro atoms. The van der Waals surface area contributed by atoms with Gasteiger partial charge < -0.3 is 11.1 Å². The van der Waals surface area contributed by atoms with E-state index in [-0.39, 0.29) is 12.5 Å². The highest BCUT2D eigenvalue weighted by molar-refractivity contribution is 5.90. The molecule has 0 heterocycles. The Morgan fingerprint density at radius 2 is 1.35 bits per heavy atom. The van der Waals surface area contributed by atoms with Crippen LogP contribution in [0, 0.1) is 0 Å². The van der Waals surface area contributed by atoms with E-state index >= 15 is 0 Å². The Hall–Kier alpha value is -2.62. The van der Waals surface area contributed by atoms with Gasteiger partial charge in [0.1, 0.15) is 0 Å². The number of hydrogen-bond donors (Lipinski definition) is 2. The van der Waals surface area contributed by atoms with Gasteiger partial charge in [-0.3, -0.25) is 9.59 Å². The first-order valence-corrected chi connectivity index (χ1v) is 6.34. The van der Waals surface area contributed by atoms with Crippen molar-refractivity contribution in [3.05, 3.63) is 71.8 Å². The fraction of sp³-hybridized carbons (Fsp3) is 0.125. The van der Waals surface area contributed by atoms with E-state index in [0.29, 0.717) is 0 Å². The fourth-order valence-corrected chi connectivity index (χ4v) is 2.06. The highest BCUT2D eigenvalue weighted by atomic mass is 16.2. The zero-order valence-corrected chi connectivity index (χ0v) is 11.0. The summed E-state index contributed by atoms with van der Waals surface area (Å²) in [4.78, 5) is 23.1. The minimum atomic E-state index is -0.557. The number of primary amides is 1. The smallest absolute Gasteiger partial charge is 0.236 e. The van der Waals surface area contributed by atoms with Crippen molar-refractivity contribution in [1.82, 2.24) is 5.32 Å². The summed E-state index contributed by atoms with van der Waals surface area (Å²) in [6, 6.07) is 18.9. The highest BCUT2D eigenvalue weighted by Crippen LogP contribution is 2.24. The van der Waals surface area contributed by atoms with Crippen LogP contribution in [-0.4, -0.2) is 18.4 Å². The van der Waals surface area contributed by atoms with Gasteiger partial charge in [-0.2, -0.15) is 0 Å². The summed E-state index contributed by atoms with van der Waals surface area (Å²) in [6.07, 6.45) is 0. The van der Waals surface area contributed by atoms with Gasteiger partial charge in [0, 0.05) is 0 Å². The summed E-state index contributed by atoms with van der Waals surface area (Å²) < 4.78 is 0. The first-order chi connectivity index (χ1) is 9.68. The van der Waals surface area contributed by atoms with Crippen molar-refractivity contribution in [2.45, 2.75) is 5.92 Å². The average molecular weight is 268 g/mol.